The largest absolute Gasteiger partial charge is 0.463 e. The number of imidazole rings is 1. The zero-order chi connectivity index (χ0) is 13.8. The van der Waals surface area contributed by atoms with Crippen molar-refractivity contribution in [1.29, 1.82) is 0 Å². The molecule has 0 amide bonds. The van der Waals surface area contributed by atoms with Gasteiger partial charge in [-0.15, -0.1) is 0 Å². The molecule has 1 aliphatic carbocycles. The van der Waals surface area contributed by atoms with Crippen LogP contribution in [0.2, 0.25) is 0 Å². The second-order valence-corrected chi connectivity index (χ2v) is 4.90. The molecule has 0 saturated heterocycles. The number of hydrogen-bond donors (Lipinski definition) is 1. The molecule has 1 N–H and O–H groups in total. The van der Waals surface area contributed by atoms with Crippen molar-refractivity contribution in [3.05, 3.63) is 18.7 Å². The average molecular weight is 274 g/mol. The number of nitrogens with one attached hydrogen (secondary N) is 1. The van der Waals surface area contributed by atoms with Gasteiger partial charge in [0.15, 0.2) is 0 Å². The summed E-state index contributed by atoms with van der Waals surface area (Å²) in [6, 6.07) is 0.354. The van der Waals surface area contributed by atoms with Gasteiger partial charge in [-0.05, 0) is 12.3 Å². The second-order valence-electron chi connectivity index (χ2n) is 4.90. The van der Waals surface area contributed by atoms with Crippen LogP contribution >= 0.6 is 0 Å². The number of aromatic nitrogens is 5. The second kappa shape index (κ2) is 5.85. The minimum atomic E-state index is 0.354. The molecule has 2 heterocycles. The summed E-state index contributed by atoms with van der Waals surface area (Å²) < 4.78 is 7.38. The standard InChI is InChI=1S/C13H18N6O/c1-14-11-16-12(19-7-6-15-9-19)18-13(17-11)20-8-5-10-3-2-4-10/h6-7,9-10H,2-5,8H2,1H3,(H,14,16,17,18). The van der Waals surface area contributed by atoms with Gasteiger partial charge in [-0.25, -0.2) is 4.98 Å². The summed E-state index contributed by atoms with van der Waals surface area (Å²) in [6.07, 6.45) is 10.2. The Hall–Kier alpha value is -2.18. The zero-order valence-corrected chi connectivity index (χ0v) is 11.5. The summed E-state index contributed by atoms with van der Waals surface area (Å²) in [5.41, 5.74) is 0. The van der Waals surface area contributed by atoms with E-state index in [1.165, 1.54) is 19.3 Å². The number of ether oxygens (including phenoxy) is 1. The number of rotatable bonds is 6. The molecule has 3 rings (SSSR count). The highest BCUT2D eigenvalue weighted by molar-refractivity contribution is 5.29. The third kappa shape index (κ3) is 2.87. The van der Waals surface area contributed by atoms with E-state index in [1.54, 1.807) is 30.3 Å². The first-order valence-corrected chi connectivity index (χ1v) is 6.90. The third-order valence-corrected chi connectivity index (χ3v) is 3.54. The summed E-state index contributed by atoms with van der Waals surface area (Å²) in [5, 5.41) is 2.92. The fourth-order valence-corrected chi connectivity index (χ4v) is 2.11. The van der Waals surface area contributed by atoms with Crippen LogP contribution in [-0.4, -0.2) is 38.2 Å². The minimum absolute atomic E-state index is 0.354. The maximum atomic E-state index is 5.66. The zero-order valence-electron chi connectivity index (χ0n) is 11.5. The van der Waals surface area contributed by atoms with Crippen molar-refractivity contribution in [3.8, 4) is 12.0 Å². The van der Waals surface area contributed by atoms with Crippen LogP contribution in [0.3, 0.4) is 0 Å². The molecule has 1 aliphatic rings. The Morgan fingerprint density at radius 1 is 1.35 bits per heavy atom. The van der Waals surface area contributed by atoms with Crippen molar-refractivity contribution >= 4 is 5.95 Å². The molecule has 7 nitrogen and oxygen atoms in total. The predicted molar refractivity (Wildman–Crippen MR) is 73.9 cm³/mol. The Bertz CT molecular complexity index is 552. The maximum Gasteiger partial charge on any atom is 0.323 e. The number of anilines is 1. The predicted octanol–water partition coefficient (Wildman–Crippen LogP) is 1.67. The smallest absolute Gasteiger partial charge is 0.323 e. The van der Waals surface area contributed by atoms with E-state index >= 15 is 0 Å². The molecule has 0 bridgehead atoms. The number of nitrogens with zero attached hydrogens (tertiary/aromatic N) is 5. The van der Waals surface area contributed by atoms with E-state index in [0.717, 1.165) is 12.3 Å². The van der Waals surface area contributed by atoms with E-state index in [9.17, 15) is 0 Å². The van der Waals surface area contributed by atoms with Gasteiger partial charge >= 0.3 is 6.01 Å². The monoisotopic (exact) mass is 274 g/mol. The lowest BCUT2D eigenvalue weighted by Crippen LogP contribution is -2.15. The van der Waals surface area contributed by atoms with E-state index in [1.807, 2.05) is 0 Å². The first-order valence-electron chi connectivity index (χ1n) is 6.90. The first-order chi connectivity index (χ1) is 9.85. The molecule has 1 fully saturated rings. The Balaban J connectivity index is 1.70. The van der Waals surface area contributed by atoms with E-state index in [2.05, 4.69) is 25.3 Å². The van der Waals surface area contributed by atoms with E-state index in [0.29, 0.717) is 24.5 Å². The van der Waals surface area contributed by atoms with Crippen LogP contribution in [0, 0.1) is 5.92 Å². The van der Waals surface area contributed by atoms with Crippen molar-refractivity contribution in [3.63, 3.8) is 0 Å². The highest BCUT2D eigenvalue weighted by atomic mass is 16.5. The van der Waals surface area contributed by atoms with Gasteiger partial charge in [-0.2, -0.15) is 15.0 Å². The van der Waals surface area contributed by atoms with Gasteiger partial charge in [-0.3, -0.25) is 4.57 Å². The SMILES string of the molecule is CNc1nc(OCCC2CCC2)nc(-n2ccnc2)n1. The summed E-state index contributed by atoms with van der Waals surface area (Å²) in [6.45, 7) is 0.654. The van der Waals surface area contributed by atoms with E-state index in [4.69, 9.17) is 4.74 Å². The molecule has 7 heteroatoms. The maximum absolute atomic E-state index is 5.66. The molecule has 106 valence electrons. The third-order valence-electron chi connectivity index (χ3n) is 3.54. The van der Waals surface area contributed by atoms with Crippen LogP contribution in [0.1, 0.15) is 25.7 Å². The fourth-order valence-electron chi connectivity index (χ4n) is 2.11. The van der Waals surface area contributed by atoms with Crippen molar-refractivity contribution in [1.82, 2.24) is 24.5 Å². The van der Waals surface area contributed by atoms with Crippen molar-refractivity contribution in [2.45, 2.75) is 25.7 Å². The van der Waals surface area contributed by atoms with Gasteiger partial charge in [0.05, 0.1) is 6.61 Å². The first kappa shape index (κ1) is 12.8. The quantitative estimate of drug-likeness (QED) is 0.863. The van der Waals surface area contributed by atoms with Gasteiger partial charge in [0.2, 0.25) is 11.9 Å². The molecule has 0 unspecified atom stereocenters. The van der Waals surface area contributed by atoms with Crippen LogP contribution in [-0.2, 0) is 0 Å². The summed E-state index contributed by atoms with van der Waals surface area (Å²) in [7, 11) is 1.77. The molecule has 0 atom stereocenters. The molecule has 1 saturated carbocycles. The highest BCUT2D eigenvalue weighted by Crippen LogP contribution is 2.29. The Morgan fingerprint density at radius 2 is 2.25 bits per heavy atom. The van der Waals surface area contributed by atoms with Crippen LogP contribution in [0.25, 0.3) is 5.95 Å². The van der Waals surface area contributed by atoms with Crippen LogP contribution < -0.4 is 10.1 Å². The van der Waals surface area contributed by atoms with Crippen LogP contribution in [0.4, 0.5) is 5.95 Å². The van der Waals surface area contributed by atoms with E-state index in [-0.39, 0.29) is 0 Å². The lowest BCUT2D eigenvalue weighted by Gasteiger charge is -2.24. The summed E-state index contributed by atoms with van der Waals surface area (Å²) in [4.78, 5) is 16.8. The highest BCUT2D eigenvalue weighted by Gasteiger charge is 2.17. The van der Waals surface area contributed by atoms with Crippen molar-refractivity contribution < 1.29 is 4.74 Å². The molecule has 2 aromatic rings. The topological polar surface area (TPSA) is 77.8 Å². The summed E-state index contributed by atoms with van der Waals surface area (Å²) >= 11 is 0. The van der Waals surface area contributed by atoms with Crippen LogP contribution in [0.5, 0.6) is 6.01 Å². The average Bonchev–Trinajstić information content (AvgIpc) is 2.95. The normalized spacial score (nSPS) is 14.8. The lowest BCUT2D eigenvalue weighted by molar-refractivity contribution is 0.211. The van der Waals surface area contributed by atoms with Gasteiger partial charge < -0.3 is 10.1 Å². The Morgan fingerprint density at radius 3 is 2.90 bits per heavy atom. The fraction of sp³-hybridized carbons (Fsp3) is 0.538. The Kier molecular flexibility index (Phi) is 3.76. The molecule has 0 aromatic carbocycles. The lowest BCUT2D eigenvalue weighted by atomic mass is 9.83. The minimum Gasteiger partial charge on any atom is -0.463 e. The molecule has 0 aliphatic heterocycles. The van der Waals surface area contributed by atoms with Gasteiger partial charge in [-0.1, -0.05) is 19.3 Å². The van der Waals surface area contributed by atoms with Crippen molar-refractivity contribution in [2.75, 3.05) is 19.0 Å². The summed E-state index contributed by atoms with van der Waals surface area (Å²) in [5.74, 6) is 1.80. The molecular weight excluding hydrogens is 256 g/mol. The Labute approximate surface area is 117 Å². The van der Waals surface area contributed by atoms with Crippen molar-refractivity contribution in [2.24, 2.45) is 5.92 Å². The van der Waals surface area contributed by atoms with Gasteiger partial charge in [0.1, 0.15) is 6.33 Å². The van der Waals surface area contributed by atoms with Crippen LogP contribution in [0.15, 0.2) is 18.7 Å². The van der Waals surface area contributed by atoms with E-state index < -0.39 is 0 Å². The molecule has 2 aromatic heterocycles. The molecular formula is C13H18N6O. The van der Waals surface area contributed by atoms with Gasteiger partial charge in [0, 0.05) is 19.4 Å². The van der Waals surface area contributed by atoms with Gasteiger partial charge in [0.25, 0.3) is 0 Å². The molecule has 20 heavy (non-hydrogen) atoms. The number of hydrogen-bond acceptors (Lipinski definition) is 6. The molecule has 0 radical (unpaired) electrons. The molecule has 0 spiro atoms.